The monoisotopic (exact) mass is 203 g/mol. The van der Waals surface area contributed by atoms with Gasteiger partial charge >= 0.3 is 0 Å². The van der Waals surface area contributed by atoms with Crippen molar-refractivity contribution in [3.63, 3.8) is 0 Å². The lowest BCUT2D eigenvalue weighted by Gasteiger charge is -1.98. The first-order valence-corrected chi connectivity index (χ1v) is 4.73. The van der Waals surface area contributed by atoms with Crippen molar-refractivity contribution in [1.29, 1.82) is 0 Å². The zero-order valence-electron chi connectivity index (χ0n) is 8.51. The minimum absolute atomic E-state index is 0.235. The Hall–Kier alpha value is -1.81. The van der Waals surface area contributed by atoms with Gasteiger partial charge < -0.3 is 15.4 Å². The van der Waals surface area contributed by atoms with E-state index in [1.807, 2.05) is 29.9 Å². The maximum Gasteiger partial charge on any atom is 0.125 e. The lowest BCUT2D eigenvalue weighted by Crippen LogP contribution is -2.03. The molecule has 0 atom stereocenters. The molecule has 0 saturated heterocycles. The maximum atomic E-state index is 9.66. The first kappa shape index (κ1) is 9.73. The molecule has 2 aromatic rings. The van der Waals surface area contributed by atoms with Gasteiger partial charge in [0.15, 0.2) is 0 Å². The summed E-state index contributed by atoms with van der Waals surface area (Å²) >= 11 is 0. The SMILES string of the molecule is Cn1cc(-c2ccccc2O)nc1CN. The van der Waals surface area contributed by atoms with Crippen molar-refractivity contribution < 1.29 is 5.11 Å². The molecule has 0 unspecified atom stereocenters. The van der Waals surface area contributed by atoms with Gasteiger partial charge in [0.1, 0.15) is 11.6 Å². The third-order valence-corrected chi connectivity index (χ3v) is 2.34. The summed E-state index contributed by atoms with van der Waals surface area (Å²) in [5, 5.41) is 9.66. The third-order valence-electron chi connectivity index (χ3n) is 2.34. The van der Waals surface area contributed by atoms with Crippen molar-refractivity contribution in [3.8, 4) is 17.0 Å². The van der Waals surface area contributed by atoms with E-state index >= 15 is 0 Å². The maximum absolute atomic E-state index is 9.66. The summed E-state index contributed by atoms with van der Waals surface area (Å²) < 4.78 is 1.86. The molecule has 0 fully saturated rings. The molecule has 3 N–H and O–H groups in total. The molecule has 0 amide bonds. The van der Waals surface area contributed by atoms with Crippen LogP contribution in [0.25, 0.3) is 11.3 Å². The van der Waals surface area contributed by atoms with Crippen LogP contribution in [0.2, 0.25) is 0 Å². The molecule has 0 bridgehead atoms. The largest absolute Gasteiger partial charge is 0.507 e. The predicted octanol–water partition coefficient (Wildman–Crippen LogP) is 1.25. The van der Waals surface area contributed by atoms with E-state index < -0.39 is 0 Å². The minimum atomic E-state index is 0.235. The zero-order valence-corrected chi connectivity index (χ0v) is 8.51. The molecule has 0 aliphatic rings. The number of hydrogen-bond donors (Lipinski definition) is 2. The average molecular weight is 203 g/mol. The van der Waals surface area contributed by atoms with Crippen LogP contribution in [-0.4, -0.2) is 14.7 Å². The smallest absolute Gasteiger partial charge is 0.125 e. The number of nitrogens with two attached hydrogens (primary N) is 1. The van der Waals surface area contributed by atoms with Crippen LogP contribution in [0.5, 0.6) is 5.75 Å². The fourth-order valence-corrected chi connectivity index (χ4v) is 1.51. The normalized spacial score (nSPS) is 10.5. The standard InChI is InChI=1S/C11H13N3O/c1-14-7-9(13-11(14)6-12)8-4-2-3-5-10(8)15/h2-5,7,15H,6,12H2,1H3. The Bertz CT molecular complexity index is 476. The Balaban J connectivity index is 2.50. The van der Waals surface area contributed by atoms with Crippen LogP contribution in [0.3, 0.4) is 0 Å². The van der Waals surface area contributed by atoms with Crippen molar-refractivity contribution in [2.75, 3.05) is 0 Å². The minimum Gasteiger partial charge on any atom is -0.507 e. The second-order valence-electron chi connectivity index (χ2n) is 3.37. The van der Waals surface area contributed by atoms with E-state index in [0.29, 0.717) is 6.54 Å². The Labute approximate surface area is 88.0 Å². The number of phenols is 1. The van der Waals surface area contributed by atoms with Crippen LogP contribution < -0.4 is 5.73 Å². The Kier molecular flexibility index (Phi) is 2.43. The predicted molar refractivity (Wildman–Crippen MR) is 58.2 cm³/mol. The lowest BCUT2D eigenvalue weighted by molar-refractivity contribution is 0.477. The Morgan fingerprint density at radius 2 is 2.13 bits per heavy atom. The van der Waals surface area contributed by atoms with Gasteiger partial charge in [0.25, 0.3) is 0 Å². The molecule has 4 heteroatoms. The van der Waals surface area contributed by atoms with E-state index in [1.54, 1.807) is 12.1 Å². The molecular weight excluding hydrogens is 190 g/mol. The van der Waals surface area contributed by atoms with Gasteiger partial charge in [-0.15, -0.1) is 0 Å². The highest BCUT2D eigenvalue weighted by molar-refractivity contribution is 5.66. The second kappa shape index (κ2) is 3.74. The van der Waals surface area contributed by atoms with Crippen LogP contribution in [0.1, 0.15) is 5.82 Å². The lowest BCUT2D eigenvalue weighted by atomic mass is 10.1. The van der Waals surface area contributed by atoms with Crippen molar-refractivity contribution in [2.45, 2.75) is 6.54 Å². The van der Waals surface area contributed by atoms with Crippen molar-refractivity contribution in [2.24, 2.45) is 12.8 Å². The number of nitrogens with zero attached hydrogens (tertiary/aromatic N) is 2. The molecule has 1 aromatic heterocycles. The number of hydrogen-bond acceptors (Lipinski definition) is 3. The van der Waals surface area contributed by atoms with Crippen LogP contribution in [-0.2, 0) is 13.6 Å². The molecule has 1 aromatic carbocycles. The molecule has 0 aliphatic carbocycles. The molecule has 15 heavy (non-hydrogen) atoms. The van der Waals surface area contributed by atoms with Gasteiger partial charge in [0.2, 0.25) is 0 Å². The van der Waals surface area contributed by atoms with Gasteiger partial charge in [-0.25, -0.2) is 4.98 Å². The average Bonchev–Trinajstić information content (AvgIpc) is 2.60. The Morgan fingerprint density at radius 1 is 1.40 bits per heavy atom. The summed E-state index contributed by atoms with van der Waals surface area (Å²) in [4.78, 5) is 4.34. The molecule has 0 radical (unpaired) electrons. The van der Waals surface area contributed by atoms with E-state index in [1.165, 1.54) is 0 Å². The van der Waals surface area contributed by atoms with Crippen LogP contribution in [0.4, 0.5) is 0 Å². The number of phenolic OH excluding ortho intramolecular Hbond substituents is 1. The highest BCUT2D eigenvalue weighted by Crippen LogP contribution is 2.27. The number of aryl methyl sites for hydroxylation is 1. The van der Waals surface area contributed by atoms with E-state index in [4.69, 9.17) is 5.73 Å². The fourth-order valence-electron chi connectivity index (χ4n) is 1.51. The van der Waals surface area contributed by atoms with Crippen molar-refractivity contribution in [1.82, 2.24) is 9.55 Å². The highest BCUT2D eigenvalue weighted by Gasteiger charge is 2.08. The van der Waals surface area contributed by atoms with Gasteiger partial charge in [0.05, 0.1) is 12.2 Å². The summed E-state index contributed by atoms with van der Waals surface area (Å²) in [5.74, 6) is 1.03. The fraction of sp³-hybridized carbons (Fsp3) is 0.182. The first-order valence-electron chi connectivity index (χ1n) is 4.73. The molecule has 1 heterocycles. The summed E-state index contributed by atoms with van der Waals surface area (Å²) in [6, 6.07) is 7.13. The van der Waals surface area contributed by atoms with Gasteiger partial charge in [-0.05, 0) is 12.1 Å². The van der Waals surface area contributed by atoms with Crippen LogP contribution >= 0.6 is 0 Å². The summed E-state index contributed by atoms with van der Waals surface area (Å²) in [6.45, 7) is 0.393. The number of aromatic nitrogens is 2. The second-order valence-corrected chi connectivity index (χ2v) is 3.37. The van der Waals surface area contributed by atoms with Gasteiger partial charge in [-0.2, -0.15) is 0 Å². The highest BCUT2D eigenvalue weighted by atomic mass is 16.3. The zero-order chi connectivity index (χ0) is 10.8. The summed E-state index contributed by atoms with van der Waals surface area (Å²) in [7, 11) is 1.89. The molecule has 0 aliphatic heterocycles. The number of aromatic hydroxyl groups is 1. The number of imidazole rings is 1. The van der Waals surface area contributed by atoms with Crippen LogP contribution in [0, 0.1) is 0 Å². The van der Waals surface area contributed by atoms with Gasteiger partial charge in [0, 0.05) is 18.8 Å². The summed E-state index contributed by atoms with van der Waals surface area (Å²) in [5.41, 5.74) is 7.01. The summed E-state index contributed by atoms with van der Waals surface area (Å²) in [6.07, 6.45) is 1.86. The molecule has 0 saturated carbocycles. The van der Waals surface area contributed by atoms with Gasteiger partial charge in [-0.1, -0.05) is 12.1 Å². The topological polar surface area (TPSA) is 64.1 Å². The molecule has 4 nitrogen and oxygen atoms in total. The van der Waals surface area contributed by atoms with Gasteiger partial charge in [-0.3, -0.25) is 0 Å². The van der Waals surface area contributed by atoms with Crippen molar-refractivity contribution in [3.05, 3.63) is 36.3 Å². The Morgan fingerprint density at radius 3 is 2.73 bits per heavy atom. The van der Waals surface area contributed by atoms with Crippen molar-refractivity contribution >= 4 is 0 Å². The quantitative estimate of drug-likeness (QED) is 0.772. The molecule has 0 spiro atoms. The number of para-hydroxylation sites is 1. The molecule has 78 valence electrons. The van der Waals surface area contributed by atoms with E-state index in [9.17, 15) is 5.11 Å². The van der Waals surface area contributed by atoms with E-state index in [2.05, 4.69) is 4.98 Å². The number of benzene rings is 1. The molecule has 2 rings (SSSR count). The van der Waals surface area contributed by atoms with Crippen LogP contribution in [0.15, 0.2) is 30.5 Å². The first-order chi connectivity index (χ1) is 7.22. The third kappa shape index (κ3) is 1.71. The van der Waals surface area contributed by atoms with E-state index in [-0.39, 0.29) is 5.75 Å². The van der Waals surface area contributed by atoms with E-state index in [0.717, 1.165) is 17.1 Å². The molecular formula is C11H13N3O. The number of rotatable bonds is 2.